The van der Waals surface area contributed by atoms with E-state index in [-0.39, 0.29) is 6.04 Å². The predicted molar refractivity (Wildman–Crippen MR) is 77.6 cm³/mol. The number of aromatic nitrogens is 1. The van der Waals surface area contributed by atoms with E-state index in [4.69, 9.17) is 5.11 Å². The molecule has 0 saturated carbocycles. The van der Waals surface area contributed by atoms with E-state index in [2.05, 4.69) is 23.3 Å². The van der Waals surface area contributed by atoms with E-state index < -0.39 is 5.97 Å². The average molecular weight is 270 g/mol. The van der Waals surface area contributed by atoms with E-state index in [1.807, 2.05) is 31.3 Å². The first kappa shape index (κ1) is 14.2. The fraction of sp³-hybridized carbons (Fsp3) is 0.250. The molecule has 0 amide bonds. The molecule has 104 valence electrons. The monoisotopic (exact) mass is 270 g/mol. The van der Waals surface area contributed by atoms with Gasteiger partial charge in [0.1, 0.15) is 0 Å². The lowest BCUT2D eigenvalue weighted by Gasteiger charge is -2.14. The maximum Gasteiger partial charge on any atom is 0.335 e. The van der Waals surface area contributed by atoms with Gasteiger partial charge in [-0.1, -0.05) is 12.1 Å². The first-order valence-electron chi connectivity index (χ1n) is 6.54. The molecule has 1 heterocycles. The minimum atomic E-state index is -0.901. The zero-order valence-corrected chi connectivity index (χ0v) is 11.6. The van der Waals surface area contributed by atoms with Crippen molar-refractivity contribution in [2.75, 3.05) is 0 Å². The van der Waals surface area contributed by atoms with Crippen molar-refractivity contribution in [3.05, 3.63) is 65.0 Å². The maximum atomic E-state index is 10.8. The molecule has 1 aromatic carbocycles. The summed E-state index contributed by atoms with van der Waals surface area (Å²) in [7, 11) is 0. The Morgan fingerprint density at radius 2 is 2.00 bits per heavy atom. The van der Waals surface area contributed by atoms with Gasteiger partial charge in [-0.15, -0.1) is 0 Å². The summed E-state index contributed by atoms with van der Waals surface area (Å²) in [6.07, 6.45) is 1.81. The summed E-state index contributed by atoms with van der Waals surface area (Å²) >= 11 is 0. The van der Waals surface area contributed by atoms with Crippen LogP contribution in [0.15, 0.2) is 42.6 Å². The summed E-state index contributed by atoms with van der Waals surface area (Å²) in [6.45, 7) is 4.78. The summed E-state index contributed by atoms with van der Waals surface area (Å²) in [4.78, 5) is 15.1. The molecule has 2 aromatic rings. The van der Waals surface area contributed by atoms with Gasteiger partial charge < -0.3 is 10.4 Å². The van der Waals surface area contributed by atoms with Crippen molar-refractivity contribution in [1.29, 1.82) is 0 Å². The maximum absolute atomic E-state index is 10.8. The van der Waals surface area contributed by atoms with Crippen LogP contribution in [0.1, 0.15) is 40.1 Å². The lowest BCUT2D eigenvalue weighted by Crippen LogP contribution is -2.19. The second-order valence-corrected chi connectivity index (χ2v) is 4.86. The Labute approximate surface area is 118 Å². The highest BCUT2D eigenvalue weighted by atomic mass is 16.4. The third-order valence-electron chi connectivity index (χ3n) is 3.19. The zero-order chi connectivity index (χ0) is 14.5. The SMILES string of the molecule is Cc1ccnc(C(C)NCc2ccc(C(=O)O)cc2)c1. The summed E-state index contributed by atoms with van der Waals surface area (Å²) in [5, 5.41) is 12.2. The van der Waals surface area contributed by atoms with Crippen LogP contribution in [-0.2, 0) is 6.54 Å². The molecule has 0 aliphatic heterocycles. The minimum Gasteiger partial charge on any atom is -0.478 e. The number of carboxylic acid groups (broad SMARTS) is 1. The van der Waals surface area contributed by atoms with Crippen molar-refractivity contribution in [3.8, 4) is 0 Å². The molecule has 0 aliphatic rings. The van der Waals surface area contributed by atoms with Gasteiger partial charge in [0.05, 0.1) is 11.3 Å². The number of carbonyl (C=O) groups is 1. The molecule has 0 aliphatic carbocycles. The van der Waals surface area contributed by atoms with Crippen molar-refractivity contribution >= 4 is 5.97 Å². The lowest BCUT2D eigenvalue weighted by atomic mass is 10.1. The number of hydrogen-bond donors (Lipinski definition) is 2. The highest BCUT2D eigenvalue weighted by Gasteiger charge is 2.07. The second-order valence-electron chi connectivity index (χ2n) is 4.86. The third-order valence-corrected chi connectivity index (χ3v) is 3.19. The Kier molecular flexibility index (Phi) is 4.48. The lowest BCUT2D eigenvalue weighted by molar-refractivity contribution is 0.0697. The van der Waals surface area contributed by atoms with Gasteiger partial charge in [0.25, 0.3) is 0 Å². The molecular formula is C16H18N2O2. The molecule has 20 heavy (non-hydrogen) atoms. The number of pyridine rings is 1. The largest absolute Gasteiger partial charge is 0.478 e. The topological polar surface area (TPSA) is 62.2 Å². The number of hydrogen-bond acceptors (Lipinski definition) is 3. The molecule has 0 fully saturated rings. The van der Waals surface area contributed by atoms with Gasteiger partial charge in [0, 0.05) is 18.8 Å². The first-order valence-corrected chi connectivity index (χ1v) is 6.54. The first-order chi connectivity index (χ1) is 9.56. The van der Waals surface area contributed by atoms with Gasteiger partial charge in [-0.2, -0.15) is 0 Å². The van der Waals surface area contributed by atoms with Crippen molar-refractivity contribution in [1.82, 2.24) is 10.3 Å². The molecule has 4 heteroatoms. The number of aryl methyl sites for hydroxylation is 1. The van der Waals surface area contributed by atoms with Crippen molar-refractivity contribution in [3.63, 3.8) is 0 Å². The van der Waals surface area contributed by atoms with Crippen LogP contribution in [0.4, 0.5) is 0 Å². The number of rotatable bonds is 5. The van der Waals surface area contributed by atoms with Crippen LogP contribution in [-0.4, -0.2) is 16.1 Å². The molecule has 1 atom stereocenters. The van der Waals surface area contributed by atoms with Crippen LogP contribution in [0.5, 0.6) is 0 Å². The van der Waals surface area contributed by atoms with Crippen LogP contribution < -0.4 is 5.32 Å². The van der Waals surface area contributed by atoms with Gasteiger partial charge in [-0.25, -0.2) is 4.79 Å². The quantitative estimate of drug-likeness (QED) is 0.877. The Bertz CT molecular complexity index is 594. The molecule has 2 N–H and O–H groups in total. The minimum absolute atomic E-state index is 0.147. The number of aromatic carboxylic acids is 1. The molecule has 0 radical (unpaired) electrons. The van der Waals surface area contributed by atoms with Crippen LogP contribution in [0, 0.1) is 6.92 Å². The fourth-order valence-electron chi connectivity index (χ4n) is 1.94. The summed E-state index contributed by atoms with van der Waals surface area (Å²) < 4.78 is 0. The number of benzene rings is 1. The van der Waals surface area contributed by atoms with Crippen LogP contribution in [0.25, 0.3) is 0 Å². The average Bonchev–Trinajstić information content (AvgIpc) is 2.45. The molecule has 0 saturated heterocycles. The van der Waals surface area contributed by atoms with Crippen molar-refractivity contribution in [2.24, 2.45) is 0 Å². The van der Waals surface area contributed by atoms with E-state index >= 15 is 0 Å². The van der Waals surface area contributed by atoms with Crippen LogP contribution in [0.3, 0.4) is 0 Å². The van der Waals surface area contributed by atoms with Gasteiger partial charge >= 0.3 is 5.97 Å². The Morgan fingerprint density at radius 1 is 1.30 bits per heavy atom. The molecule has 0 spiro atoms. The standard InChI is InChI=1S/C16H18N2O2/c1-11-7-8-17-15(9-11)12(2)18-10-13-3-5-14(6-4-13)16(19)20/h3-9,12,18H,10H2,1-2H3,(H,19,20). The van der Waals surface area contributed by atoms with E-state index in [9.17, 15) is 4.79 Å². The number of nitrogens with zero attached hydrogens (tertiary/aromatic N) is 1. The van der Waals surface area contributed by atoms with Gasteiger partial charge in [0.2, 0.25) is 0 Å². The molecule has 2 rings (SSSR count). The molecule has 1 unspecified atom stereocenters. The van der Waals surface area contributed by atoms with Gasteiger partial charge in [-0.05, 0) is 49.2 Å². The van der Waals surface area contributed by atoms with E-state index in [1.54, 1.807) is 12.1 Å². The van der Waals surface area contributed by atoms with Gasteiger partial charge in [-0.3, -0.25) is 4.98 Å². The van der Waals surface area contributed by atoms with Gasteiger partial charge in [0.15, 0.2) is 0 Å². The van der Waals surface area contributed by atoms with E-state index in [0.717, 1.165) is 11.3 Å². The number of carboxylic acids is 1. The number of nitrogens with one attached hydrogen (secondary N) is 1. The molecule has 1 aromatic heterocycles. The summed E-state index contributed by atoms with van der Waals surface area (Å²) in [6, 6.07) is 11.1. The normalized spacial score (nSPS) is 12.1. The Hall–Kier alpha value is -2.20. The van der Waals surface area contributed by atoms with Crippen molar-refractivity contribution in [2.45, 2.75) is 26.4 Å². The predicted octanol–water partition coefficient (Wildman–Crippen LogP) is 2.94. The molecule has 4 nitrogen and oxygen atoms in total. The zero-order valence-electron chi connectivity index (χ0n) is 11.6. The van der Waals surface area contributed by atoms with Crippen LogP contribution in [0.2, 0.25) is 0 Å². The van der Waals surface area contributed by atoms with E-state index in [1.165, 1.54) is 5.56 Å². The molecular weight excluding hydrogens is 252 g/mol. The highest BCUT2D eigenvalue weighted by molar-refractivity contribution is 5.87. The van der Waals surface area contributed by atoms with Crippen LogP contribution >= 0.6 is 0 Å². The Balaban J connectivity index is 1.96. The fourth-order valence-corrected chi connectivity index (χ4v) is 1.94. The second kappa shape index (κ2) is 6.30. The van der Waals surface area contributed by atoms with Crippen molar-refractivity contribution < 1.29 is 9.90 Å². The smallest absolute Gasteiger partial charge is 0.335 e. The molecule has 0 bridgehead atoms. The third kappa shape index (κ3) is 3.65. The summed E-state index contributed by atoms with van der Waals surface area (Å²) in [5.41, 5.74) is 3.55. The Morgan fingerprint density at radius 3 is 2.60 bits per heavy atom. The summed E-state index contributed by atoms with van der Waals surface area (Å²) in [5.74, 6) is -0.901. The van der Waals surface area contributed by atoms with E-state index in [0.29, 0.717) is 12.1 Å². The highest BCUT2D eigenvalue weighted by Crippen LogP contribution is 2.12.